The smallest absolute Gasteiger partial charge is 0.222 e. The first-order valence-electron chi connectivity index (χ1n) is 9.21. The molecule has 1 saturated heterocycles. The fraction of sp³-hybridized carbons (Fsp3) is 0.632. The van der Waals surface area contributed by atoms with Crippen LogP contribution >= 0.6 is 0 Å². The molecule has 0 aliphatic carbocycles. The summed E-state index contributed by atoms with van der Waals surface area (Å²) in [6.07, 6.45) is 3.47. The number of carbonyl (C=O) groups excluding carboxylic acids is 1. The van der Waals surface area contributed by atoms with E-state index in [1.54, 1.807) is 0 Å². The third-order valence-electron chi connectivity index (χ3n) is 5.01. The van der Waals surface area contributed by atoms with E-state index in [2.05, 4.69) is 17.0 Å². The highest BCUT2D eigenvalue weighted by Gasteiger charge is 2.24. The maximum Gasteiger partial charge on any atom is 0.222 e. The monoisotopic (exact) mass is 344 g/mol. The fourth-order valence-corrected chi connectivity index (χ4v) is 3.73. The predicted octanol–water partition coefficient (Wildman–Crippen LogP) is 2.61. The zero-order valence-corrected chi connectivity index (χ0v) is 15.7. The highest BCUT2D eigenvalue weighted by Crippen LogP contribution is 2.19. The highest BCUT2D eigenvalue weighted by molar-refractivity contribution is 5.76. The Labute approximate surface area is 149 Å². The molecule has 0 aromatic carbocycles. The SMILES string of the molecule is CCO[C@@H]1CCCN(C(=O)CCc2c(C)nc3cc(C)nn3c2C)C1. The van der Waals surface area contributed by atoms with Gasteiger partial charge in [0.05, 0.1) is 11.8 Å². The van der Waals surface area contributed by atoms with Crippen LogP contribution in [0.2, 0.25) is 0 Å². The van der Waals surface area contributed by atoms with Crippen LogP contribution in [0.4, 0.5) is 0 Å². The van der Waals surface area contributed by atoms with Crippen LogP contribution in [0, 0.1) is 20.8 Å². The number of amides is 1. The first-order valence-corrected chi connectivity index (χ1v) is 9.21. The van der Waals surface area contributed by atoms with Crippen LogP contribution < -0.4 is 0 Å². The molecule has 0 bridgehead atoms. The van der Waals surface area contributed by atoms with Crippen LogP contribution in [0.15, 0.2) is 6.07 Å². The van der Waals surface area contributed by atoms with Crippen molar-refractivity contribution in [1.29, 1.82) is 0 Å². The summed E-state index contributed by atoms with van der Waals surface area (Å²) in [5, 5.41) is 4.50. The molecule has 6 heteroatoms. The molecule has 136 valence electrons. The van der Waals surface area contributed by atoms with Gasteiger partial charge in [-0.05, 0) is 52.5 Å². The molecule has 2 aromatic heterocycles. The molecule has 1 amide bonds. The Morgan fingerprint density at radius 1 is 1.36 bits per heavy atom. The number of hydrogen-bond donors (Lipinski definition) is 0. The van der Waals surface area contributed by atoms with Crippen molar-refractivity contribution in [3.05, 3.63) is 28.7 Å². The van der Waals surface area contributed by atoms with Gasteiger partial charge in [0.15, 0.2) is 5.65 Å². The van der Waals surface area contributed by atoms with Crippen LogP contribution in [-0.4, -0.2) is 51.2 Å². The molecule has 1 atom stereocenters. The number of fused-ring (bicyclic) bond motifs is 1. The average Bonchev–Trinajstić information content (AvgIpc) is 2.95. The zero-order valence-electron chi connectivity index (χ0n) is 15.7. The van der Waals surface area contributed by atoms with Crippen molar-refractivity contribution in [1.82, 2.24) is 19.5 Å². The van der Waals surface area contributed by atoms with E-state index in [1.807, 2.05) is 36.3 Å². The normalized spacial score (nSPS) is 18.1. The van der Waals surface area contributed by atoms with Crippen molar-refractivity contribution in [3.63, 3.8) is 0 Å². The number of nitrogens with zero attached hydrogens (tertiary/aromatic N) is 4. The Balaban J connectivity index is 1.68. The van der Waals surface area contributed by atoms with Crippen molar-refractivity contribution in [3.8, 4) is 0 Å². The Bertz CT molecular complexity index is 766. The van der Waals surface area contributed by atoms with E-state index in [-0.39, 0.29) is 12.0 Å². The van der Waals surface area contributed by atoms with E-state index in [0.29, 0.717) is 19.4 Å². The number of rotatable bonds is 5. The van der Waals surface area contributed by atoms with Gasteiger partial charge < -0.3 is 9.64 Å². The van der Waals surface area contributed by atoms with Crippen molar-refractivity contribution in [2.75, 3.05) is 19.7 Å². The Morgan fingerprint density at radius 3 is 2.92 bits per heavy atom. The molecule has 0 saturated carbocycles. The molecule has 0 unspecified atom stereocenters. The first kappa shape index (κ1) is 17.9. The lowest BCUT2D eigenvalue weighted by atomic mass is 10.0. The van der Waals surface area contributed by atoms with Crippen molar-refractivity contribution >= 4 is 11.6 Å². The average molecular weight is 344 g/mol. The highest BCUT2D eigenvalue weighted by atomic mass is 16.5. The molecular weight excluding hydrogens is 316 g/mol. The van der Waals surface area contributed by atoms with Crippen molar-refractivity contribution in [2.45, 2.75) is 59.5 Å². The number of carbonyl (C=O) groups is 1. The minimum absolute atomic E-state index is 0.191. The summed E-state index contributed by atoms with van der Waals surface area (Å²) in [6, 6.07) is 1.98. The van der Waals surface area contributed by atoms with E-state index in [9.17, 15) is 4.79 Å². The summed E-state index contributed by atoms with van der Waals surface area (Å²) < 4.78 is 7.58. The number of ether oxygens (including phenoxy) is 1. The van der Waals surface area contributed by atoms with Gasteiger partial charge >= 0.3 is 0 Å². The molecule has 6 nitrogen and oxygen atoms in total. The standard InChI is InChI=1S/C19H28N4O2/c1-5-25-16-7-6-10-22(12-16)19(24)9-8-17-14(3)20-18-11-13(2)21-23(18)15(17)4/h11,16H,5-10,12H2,1-4H3/t16-/m1/s1. The summed E-state index contributed by atoms with van der Waals surface area (Å²) in [7, 11) is 0. The molecule has 1 aliphatic rings. The first-order chi connectivity index (χ1) is 12.0. The summed E-state index contributed by atoms with van der Waals surface area (Å²) in [5.74, 6) is 0.208. The van der Waals surface area contributed by atoms with E-state index in [0.717, 1.165) is 54.2 Å². The molecule has 0 spiro atoms. The largest absolute Gasteiger partial charge is 0.377 e. The summed E-state index contributed by atoms with van der Waals surface area (Å²) >= 11 is 0. The third-order valence-corrected chi connectivity index (χ3v) is 5.01. The summed E-state index contributed by atoms with van der Waals surface area (Å²) in [4.78, 5) is 19.2. The van der Waals surface area contributed by atoms with Gasteiger partial charge in [-0.15, -0.1) is 0 Å². The molecule has 1 fully saturated rings. The second-order valence-electron chi connectivity index (χ2n) is 6.88. The molecule has 0 N–H and O–H groups in total. The third kappa shape index (κ3) is 3.84. The van der Waals surface area contributed by atoms with E-state index in [1.165, 1.54) is 0 Å². The van der Waals surface area contributed by atoms with Crippen molar-refractivity contribution in [2.24, 2.45) is 0 Å². The molecule has 25 heavy (non-hydrogen) atoms. The number of likely N-dealkylation sites (tertiary alicyclic amines) is 1. The quantitative estimate of drug-likeness (QED) is 0.836. The summed E-state index contributed by atoms with van der Waals surface area (Å²) in [5.41, 5.74) is 5.02. The van der Waals surface area contributed by atoms with Gasteiger partial charge in [0.25, 0.3) is 0 Å². The number of hydrogen-bond acceptors (Lipinski definition) is 4. The predicted molar refractivity (Wildman–Crippen MR) is 96.7 cm³/mol. The van der Waals surface area contributed by atoms with Gasteiger partial charge in [0.1, 0.15) is 0 Å². The Hall–Kier alpha value is -1.95. The Morgan fingerprint density at radius 2 is 2.16 bits per heavy atom. The lowest BCUT2D eigenvalue weighted by Crippen LogP contribution is -2.43. The van der Waals surface area contributed by atoms with Crippen LogP contribution in [0.1, 0.15) is 48.8 Å². The van der Waals surface area contributed by atoms with Crippen LogP contribution in [-0.2, 0) is 16.0 Å². The number of piperidine rings is 1. The second kappa shape index (κ2) is 7.52. The minimum atomic E-state index is 0.191. The van der Waals surface area contributed by atoms with E-state index in [4.69, 9.17) is 4.74 Å². The van der Waals surface area contributed by atoms with Gasteiger partial charge in [-0.1, -0.05) is 0 Å². The van der Waals surface area contributed by atoms with Gasteiger partial charge in [-0.2, -0.15) is 5.10 Å². The molecule has 3 rings (SSSR count). The van der Waals surface area contributed by atoms with E-state index < -0.39 is 0 Å². The second-order valence-corrected chi connectivity index (χ2v) is 6.88. The topological polar surface area (TPSA) is 59.7 Å². The maximum atomic E-state index is 12.6. The molecule has 3 heterocycles. The number of aromatic nitrogens is 3. The van der Waals surface area contributed by atoms with Crippen LogP contribution in [0.5, 0.6) is 0 Å². The number of aryl methyl sites for hydroxylation is 3. The zero-order chi connectivity index (χ0) is 18.0. The Kier molecular flexibility index (Phi) is 5.37. The van der Waals surface area contributed by atoms with Gasteiger partial charge in [-0.3, -0.25) is 4.79 Å². The molecule has 1 aliphatic heterocycles. The van der Waals surface area contributed by atoms with Crippen LogP contribution in [0.25, 0.3) is 5.65 Å². The van der Waals surface area contributed by atoms with Crippen molar-refractivity contribution < 1.29 is 9.53 Å². The van der Waals surface area contributed by atoms with E-state index >= 15 is 0 Å². The minimum Gasteiger partial charge on any atom is -0.377 e. The maximum absolute atomic E-state index is 12.6. The molecule has 0 radical (unpaired) electrons. The lowest BCUT2D eigenvalue weighted by molar-refractivity contribution is -0.135. The molecular formula is C19H28N4O2. The van der Waals surface area contributed by atoms with Gasteiger partial charge in [0.2, 0.25) is 5.91 Å². The lowest BCUT2D eigenvalue weighted by Gasteiger charge is -2.32. The van der Waals surface area contributed by atoms with Gasteiger partial charge in [-0.25, -0.2) is 9.50 Å². The van der Waals surface area contributed by atoms with Gasteiger partial charge in [0, 0.05) is 43.6 Å². The molecule has 2 aromatic rings. The fourth-order valence-electron chi connectivity index (χ4n) is 3.73. The van der Waals surface area contributed by atoms with Crippen LogP contribution in [0.3, 0.4) is 0 Å². The summed E-state index contributed by atoms with van der Waals surface area (Å²) in [6.45, 7) is 10.3.